The zero-order chi connectivity index (χ0) is 10.8. The largest absolute Gasteiger partial charge is 0.498 e. The molecular formula is C12H16O3. The molecule has 0 aromatic heterocycles. The Hall–Kier alpha value is -1.09. The van der Waals surface area contributed by atoms with E-state index in [1.807, 2.05) is 12.2 Å². The summed E-state index contributed by atoms with van der Waals surface area (Å²) < 4.78 is 10.7. The van der Waals surface area contributed by atoms with E-state index in [-0.39, 0.29) is 6.10 Å². The Bertz CT molecular complexity index is 328. The molecule has 3 heteroatoms. The molecule has 3 nitrogen and oxygen atoms in total. The van der Waals surface area contributed by atoms with E-state index in [2.05, 4.69) is 0 Å². The maximum Gasteiger partial charge on any atom is 0.136 e. The molecule has 2 aliphatic carbocycles. The molecule has 2 atom stereocenters. The quantitative estimate of drug-likeness (QED) is 0.694. The van der Waals surface area contributed by atoms with Gasteiger partial charge in [0.15, 0.2) is 0 Å². The van der Waals surface area contributed by atoms with E-state index < -0.39 is 0 Å². The van der Waals surface area contributed by atoms with Gasteiger partial charge in [-0.2, -0.15) is 0 Å². The highest BCUT2D eigenvalue weighted by Gasteiger charge is 2.35. The topological polar surface area (TPSA) is 35.5 Å². The third-order valence-corrected chi connectivity index (χ3v) is 3.21. The smallest absolute Gasteiger partial charge is 0.136 e. The van der Waals surface area contributed by atoms with Gasteiger partial charge in [0.05, 0.1) is 7.11 Å². The predicted molar refractivity (Wildman–Crippen MR) is 56.3 cm³/mol. The first-order valence-electron chi connectivity index (χ1n) is 5.25. The molecule has 1 fully saturated rings. The first kappa shape index (κ1) is 10.4. The zero-order valence-corrected chi connectivity index (χ0v) is 9.16. The number of methoxy groups -OCH3 is 2. The van der Waals surface area contributed by atoms with Crippen LogP contribution in [0.2, 0.25) is 0 Å². The second kappa shape index (κ2) is 4.19. The molecule has 0 amide bonds. The number of ketones is 1. The molecule has 2 rings (SSSR count). The molecule has 0 heterocycles. The molecule has 2 unspecified atom stereocenters. The number of carbonyl (C=O) groups excluding carboxylic acids is 1. The van der Waals surface area contributed by atoms with Gasteiger partial charge in [-0.1, -0.05) is 11.6 Å². The lowest BCUT2D eigenvalue weighted by molar-refractivity contribution is -0.120. The van der Waals surface area contributed by atoms with Gasteiger partial charge in [0.25, 0.3) is 0 Å². The van der Waals surface area contributed by atoms with Crippen molar-refractivity contribution >= 4 is 5.78 Å². The summed E-state index contributed by atoms with van der Waals surface area (Å²) in [5.74, 6) is 1.52. The first-order chi connectivity index (χ1) is 7.26. The molecule has 15 heavy (non-hydrogen) atoms. The molecule has 0 aliphatic heterocycles. The number of ether oxygens (including phenoxy) is 2. The lowest BCUT2D eigenvalue weighted by Gasteiger charge is -2.34. The molecule has 0 radical (unpaired) electrons. The van der Waals surface area contributed by atoms with Crippen molar-refractivity contribution < 1.29 is 14.3 Å². The summed E-state index contributed by atoms with van der Waals surface area (Å²) in [6.45, 7) is 0. The van der Waals surface area contributed by atoms with Crippen molar-refractivity contribution in [1.82, 2.24) is 0 Å². The Balaban J connectivity index is 2.25. The predicted octanol–water partition coefficient (Wildman–Crippen LogP) is 1.84. The lowest BCUT2D eigenvalue weighted by Crippen LogP contribution is -2.33. The van der Waals surface area contributed by atoms with Gasteiger partial charge in [-0.05, 0) is 12.5 Å². The minimum atomic E-state index is -0.0110. The van der Waals surface area contributed by atoms with Gasteiger partial charge in [0, 0.05) is 25.9 Å². The van der Waals surface area contributed by atoms with Crippen LogP contribution in [0.1, 0.15) is 19.3 Å². The number of allylic oxidation sites excluding steroid dienone is 2. The number of hydrogen-bond acceptors (Lipinski definition) is 3. The van der Waals surface area contributed by atoms with Gasteiger partial charge in [0.2, 0.25) is 0 Å². The third-order valence-electron chi connectivity index (χ3n) is 3.21. The Morgan fingerprint density at radius 3 is 2.80 bits per heavy atom. The highest BCUT2D eigenvalue weighted by atomic mass is 16.5. The lowest BCUT2D eigenvalue weighted by atomic mass is 9.77. The minimum Gasteiger partial charge on any atom is -0.498 e. The first-order valence-corrected chi connectivity index (χ1v) is 5.25. The van der Waals surface area contributed by atoms with E-state index in [0.717, 1.165) is 12.2 Å². The van der Waals surface area contributed by atoms with Gasteiger partial charge >= 0.3 is 0 Å². The van der Waals surface area contributed by atoms with Crippen LogP contribution in [-0.4, -0.2) is 26.1 Å². The van der Waals surface area contributed by atoms with Crippen molar-refractivity contribution in [2.75, 3.05) is 14.2 Å². The number of carbonyl (C=O) groups is 1. The van der Waals surface area contributed by atoms with Gasteiger partial charge in [-0.15, -0.1) is 0 Å². The van der Waals surface area contributed by atoms with Gasteiger partial charge in [-0.25, -0.2) is 0 Å². The van der Waals surface area contributed by atoms with Gasteiger partial charge in [-0.3, -0.25) is 4.79 Å². The highest BCUT2D eigenvalue weighted by molar-refractivity contribution is 5.82. The van der Waals surface area contributed by atoms with Crippen LogP contribution in [0.4, 0.5) is 0 Å². The normalized spacial score (nSPS) is 30.4. The summed E-state index contributed by atoms with van der Waals surface area (Å²) >= 11 is 0. The average Bonchev–Trinajstić information content (AvgIpc) is 2.27. The Morgan fingerprint density at radius 1 is 1.33 bits per heavy atom. The fourth-order valence-electron chi connectivity index (χ4n) is 2.42. The van der Waals surface area contributed by atoms with Crippen LogP contribution in [0.3, 0.4) is 0 Å². The SMILES string of the molecule is COC1=CC=C2CC(=O)CCC2C1OC. The van der Waals surface area contributed by atoms with Crippen LogP contribution in [0.15, 0.2) is 23.5 Å². The van der Waals surface area contributed by atoms with Crippen LogP contribution >= 0.6 is 0 Å². The summed E-state index contributed by atoms with van der Waals surface area (Å²) in [5.41, 5.74) is 1.19. The fourth-order valence-corrected chi connectivity index (χ4v) is 2.42. The molecule has 0 saturated heterocycles. The van der Waals surface area contributed by atoms with Crippen LogP contribution in [-0.2, 0) is 14.3 Å². The van der Waals surface area contributed by atoms with Crippen molar-refractivity contribution in [3.05, 3.63) is 23.5 Å². The molecule has 0 aromatic carbocycles. The van der Waals surface area contributed by atoms with Crippen LogP contribution in [0.25, 0.3) is 0 Å². The van der Waals surface area contributed by atoms with Crippen molar-refractivity contribution in [2.45, 2.75) is 25.4 Å². The van der Waals surface area contributed by atoms with E-state index in [1.54, 1.807) is 14.2 Å². The molecule has 0 N–H and O–H groups in total. The highest BCUT2D eigenvalue weighted by Crippen LogP contribution is 2.37. The fraction of sp³-hybridized carbons (Fsp3) is 0.583. The standard InChI is InChI=1S/C12H16O3/c1-14-11-6-3-8-7-9(13)4-5-10(8)12(11)15-2/h3,6,10,12H,4-5,7H2,1-2H3. The summed E-state index contributed by atoms with van der Waals surface area (Å²) in [5, 5.41) is 0. The maximum atomic E-state index is 11.3. The van der Waals surface area contributed by atoms with Crippen molar-refractivity contribution in [1.29, 1.82) is 0 Å². The van der Waals surface area contributed by atoms with Gasteiger partial charge < -0.3 is 9.47 Å². The van der Waals surface area contributed by atoms with Crippen LogP contribution < -0.4 is 0 Å². The number of hydrogen-bond donors (Lipinski definition) is 0. The van der Waals surface area contributed by atoms with Crippen molar-refractivity contribution in [3.8, 4) is 0 Å². The molecule has 0 spiro atoms. The monoisotopic (exact) mass is 208 g/mol. The summed E-state index contributed by atoms with van der Waals surface area (Å²) in [6.07, 6.45) is 6.04. The summed E-state index contributed by atoms with van der Waals surface area (Å²) in [4.78, 5) is 11.3. The minimum absolute atomic E-state index is 0.0110. The zero-order valence-electron chi connectivity index (χ0n) is 9.16. The molecule has 1 saturated carbocycles. The molecule has 82 valence electrons. The Kier molecular flexibility index (Phi) is 2.91. The maximum absolute atomic E-state index is 11.3. The second-order valence-corrected chi connectivity index (χ2v) is 4.03. The molecule has 0 aromatic rings. The summed E-state index contributed by atoms with van der Waals surface area (Å²) in [7, 11) is 3.35. The number of Topliss-reactive ketones (excluding diaryl/α,β-unsaturated/α-hetero) is 1. The van der Waals surface area contributed by atoms with Crippen molar-refractivity contribution in [3.63, 3.8) is 0 Å². The van der Waals surface area contributed by atoms with E-state index in [4.69, 9.17) is 9.47 Å². The molecule has 2 aliphatic rings. The number of fused-ring (bicyclic) bond motifs is 1. The molecule has 0 bridgehead atoms. The van der Waals surface area contributed by atoms with E-state index in [1.165, 1.54) is 5.57 Å². The van der Waals surface area contributed by atoms with E-state index in [0.29, 0.717) is 24.5 Å². The Labute approximate surface area is 89.8 Å². The second-order valence-electron chi connectivity index (χ2n) is 4.03. The van der Waals surface area contributed by atoms with E-state index >= 15 is 0 Å². The van der Waals surface area contributed by atoms with Gasteiger partial charge in [0.1, 0.15) is 17.6 Å². The summed E-state index contributed by atoms with van der Waals surface area (Å²) in [6, 6.07) is 0. The third kappa shape index (κ3) is 1.84. The average molecular weight is 208 g/mol. The molecular weight excluding hydrogens is 192 g/mol. The van der Waals surface area contributed by atoms with Crippen LogP contribution in [0, 0.1) is 5.92 Å². The van der Waals surface area contributed by atoms with E-state index in [9.17, 15) is 4.79 Å². The Morgan fingerprint density at radius 2 is 2.13 bits per heavy atom. The number of rotatable bonds is 2. The van der Waals surface area contributed by atoms with Crippen LogP contribution in [0.5, 0.6) is 0 Å². The van der Waals surface area contributed by atoms with Crippen molar-refractivity contribution in [2.24, 2.45) is 5.92 Å².